The Bertz CT molecular complexity index is 432. The lowest BCUT2D eigenvalue weighted by molar-refractivity contribution is 0.271. The summed E-state index contributed by atoms with van der Waals surface area (Å²) >= 11 is 1.93. The van der Waals surface area contributed by atoms with E-state index in [1.54, 1.807) is 0 Å². The molecule has 18 heavy (non-hydrogen) atoms. The van der Waals surface area contributed by atoms with Gasteiger partial charge in [0, 0.05) is 10.9 Å². The number of aryl methyl sites for hydroxylation is 2. The van der Waals surface area contributed by atoms with E-state index in [4.69, 9.17) is 4.98 Å². The van der Waals surface area contributed by atoms with E-state index in [-0.39, 0.29) is 5.54 Å². The molecule has 2 saturated carbocycles. The molecular weight excluding hydrogens is 240 g/mol. The Morgan fingerprint density at radius 2 is 2.00 bits per heavy atom. The molecule has 1 aromatic rings. The number of aromatic nitrogens is 1. The van der Waals surface area contributed by atoms with Gasteiger partial charge in [-0.3, -0.25) is 0 Å². The molecule has 2 aliphatic carbocycles. The van der Waals surface area contributed by atoms with Gasteiger partial charge in [0.15, 0.2) is 0 Å². The maximum Gasteiger partial charge on any atom is 0.114 e. The maximum absolute atomic E-state index is 4.97. The third-order valence-electron chi connectivity index (χ3n) is 4.48. The van der Waals surface area contributed by atoms with E-state index in [0.717, 1.165) is 18.4 Å². The zero-order chi connectivity index (χ0) is 12.8. The lowest BCUT2D eigenvalue weighted by Crippen LogP contribution is -2.45. The van der Waals surface area contributed by atoms with Crippen LogP contribution in [0.15, 0.2) is 0 Å². The molecule has 1 N–H and O–H groups in total. The molecule has 1 heterocycles. The van der Waals surface area contributed by atoms with Crippen LogP contribution in [0.25, 0.3) is 0 Å². The molecule has 1 atom stereocenters. The van der Waals surface area contributed by atoms with Crippen LogP contribution in [0.1, 0.15) is 61.5 Å². The molecule has 0 bridgehead atoms. The number of hydrogen-bond donors (Lipinski definition) is 1. The normalized spacial score (nSPS) is 23.1. The average Bonchev–Trinajstić information content (AvgIpc) is 3.25. The maximum atomic E-state index is 4.97. The summed E-state index contributed by atoms with van der Waals surface area (Å²) in [7, 11) is 0. The minimum absolute atomic E-state index is 0.198. The number of thiazole rings is 1. The van der Waals surface area contributed by atoms with Gasteiger partial charge in [-0.25, -0.2) is 4.98 Å². The van der Waals surface area contributed by atoms with Crippen LogP contribution in [0.4, 0.5) is 0 Å². The standard InChI is InChI=1S/C15H24N2S/c1-4-13-10(3)18-14(16-13)15(5-2,11-6-7-11)17-12-8-9-12/h11-12,17H,4-9H2,1-3H3. The van der Waals surface area contributed by atoms with Gasteiger partial charge in [0.25, 0.3) is 0 Å². The van der Waals surface area contributed by atoms with Gasteiger partial charge < -0.3 is 5.32 Å². The van der Waals surface area contributed by atoms with Gasteiger partial charge in [-0.2, -0.15) is 0 Å². The van der Waals surface area contributed by atoms with Crippen molar-refractivity contribution in [2.75, 3.05) is 0 Å². The predicted octanol–water partition coefficient (Wildman–Crippen LogP) is 3.78. The SMILES string of the molecule is CCc1nc(C(CC)(NC2CC2)C2CC2)sc1C. The highest BCUT2D eigenvalue weighted by atomic mass is 32.1. The molecule has 0 aromatic carbocycles. The van der Waals surface area contributed by atoms with E-state index in [1.807, 2.05) is 11.3 Å². The molecule has 0 amide bonds. The van der Waals surface area contributed by atoms with Crippen molar-refractivity contribution in [3.8, 4) is 0 Å². The number of nitrogens with one attached hydrogen (secondary N) is 1. The molecule has 3 rings (SSSR count). The van der Waals surface area contributed by atoms with E-state index >= 15 is 0 Å². The van der Waals surface area contributed by atoms with Crippen molar-refractivity contribution in [1.82, 2.24) is 10.3 Å². The zero-order valence-electron chi connectivity index (χ0n) is 11.8. The molecule has 1 aromatic heterocycles. The summed E-state index contributed by atoms with van der Waals surface area (Å²) in [6.07, 6.45) is 7.74. The summed E-state index contributed by atoms with van der Waals surface area (Å²) in [5.74, 6) is 0.832. The second-order valence-corrected chi connectivity index (χ2v) is 7.10. The Hall–Kier alpha value is -0.410. The van der Waals surface area contributed by atoms with Gasteiger partial charge in [0.2, 0.25) is 0 Å². The summed E-state index contributed by atoms with van der Waals surface area (Å²) in [6, 6.07) is 0.764. The second kappa shape index (κ2) is 4.61. The Morgan fingerprint density at radius 1 is 1.28 bits per heavy atom. The van der Waals surface area contributed by atoms with Crippen LogP contribution < -0.4 is 5.32 Å². The molecule has 2 fully saturated rings. The molecule has 100 valence electrons. The lowest BCUT2D eigenvalue weighted by atomic mass is 9.90. The fourth-order valence-corrected chi connectivity index (χ4v) is 4.32. The van der Waals surface area contributed by atoms with Crippen molar-refractivity contribution in [2.45, 2.75) is 70.9 Å². The smallest absolute Gasteiger partial charge is 0.114 e. The Kier molecular flexibility index (Phi) is 3.23. The highest BCUT2D eigenvalue weighted by molar-refractivity contribution is 7.11. The molecule has 2 nitrogen and oxygen atoms in total. The highest BCUT2D eigenvalue weighted by Gasteiger charge is 2.49. The van der Waals surface area contributed by atoms with Gasteiger partial charge in [-0.15, -0.1) is 11.3 Å². The first-order valence-corrected chi connectivity index (χ1v) is 8.25. The largest absolute Gasteiger partial charge is 0.302 e. The third-order valence-corrected chi connectivity index (χ3v) is 5.67. The van der Waals surface area contributed by atoms with Gasteiger partial charge in [-0.05, 0) is 51.4 Å². The van der Waals surface area contributed by atoms with Crippen molar-refractivity contribution < 1.29 is 0 Å². The molecule has 0 aliphatic heterocycles. The van der Waals surface area contributed by atoms with E-state index < -0.39 is 0 Å². The van der Waals surface area contributed by atoms with Crippen molar-refractivity contribution in [3.63, 3.8) is 0 Å². The first-order valence-electron chi connectivity index (χ1n) is 7.44. The van der Waals surface area contributed by atoms with Crippen LogP contribution in [-0.2, 0) is 12.0 Å². The predicted molar refractivity (Wildman–Crippen MR) is 77.1 cm³/mol. The quantitative estimate of drug-likeness (QED) is 0.846. The highest BCUT2D eigenvalue weighted by Crippen LogP contribution is 2.50. The van der Waals surface area contributed by atoms with Crippen LogP contribution in [0.2, 0.25) is 0 Å². The van der Waals surface area contributed by atoms with Crippen molar-refractivity contribution in [3.05, 3.63) is 15.6 Å². The summed E-state index contributed by atoms with van der Waals surface area (Å²) < 4.78 is 0. The average molecular weight is 264 g/mol. The number of rotatable bonds is 6. The summed E-state index contributed by atoms with van der Waals surface area (Å²) in [4.78, 5) is 6.39. The van der Waals surface area contributed by atoms with Crippen molar-refractivity contribution >= 4 is 11.3 Å². The van der Waals surface area contributed by atoms with Crippen LogP contribution in [-0.4, -0.2) is 11.0 Å². The minimum atomic E-state index is 0.198. The zero-order valence-corrected chi connectivity index (χ0v) is 12.6. The summed E-state index contributed by atoms with van der Waals surface area (Å²) in [5, 5.41) is 5.31. The topological polar surface area (TPSA) is 24.9 Å². The van der Waals surface area contributed by atoms with Crippen LogP contribution in [0.5, 0.6) is 0 Å². The molecule has 1 unspecified atom stereocenters. The molecule has 0 saturated heterocycles. The molecule has 2 aliphatic rings. The lowest BCUT2D eigenvalue weighted by Gasteiger charge is -2.32. The molecule has 0 spiro atoms. The fraction of sp³-hybridized carbons (Fsp3) is 0.800. The van der Waals surface area contributed by atoms with Gasteiger partial charge >= 0.3 is 0 Å². The monoisotopic (exact) mass is 264 g/mol. The Balaban J connectivity index is 1.94. The molecular formula is C15H24N2S. The van der Waals surface area contributed by atoms with Gasteiger partial charge in [-0.1, -0.05) is 13.8 Å². The fourth-order valence-electron chi connectivity index (χ4n) is 3.01. The Labute approximate surface area is 114 Å². The summed E-state index contributed by atoms with van der Waals surface area (Å²) in [6.45, 7) is 6.77. The van der Waals surface area contributed by atoms with Crippen molar-refractivity contribution in [1.29, 1.82) is 0 Å². The molecule has 0 radical (unpaired) electrons. The first-order chi connectivity index (χ1) is 8.69. The van der Waals surface area contributed by atoms with Crippen LogP contribution in [0.3, 0.4) is 0 Å². The minimum Gasteiger partial charge on any atom is -0.302 e. The Morgan fingerprint density at radius 3 is 2.44 bits per heavy atom. The van der Waals surface area contributed by atoms with Gasteiger partial charge in [0.1, 0.15) is 5.01 Å². The van der Waals surface area contributed by atoms with E-state index in [9.17, 15) is 0 Å². The van der Waals surface area contributed by atoms with Gasteiger partial charge in [0.05, 0.1) is 11.2 Å². The second-order valence-electron chi connectivity index (χ2n) is 5.89. The third kappa shape index (κ3) is 2.12. The van der Waals surface area contributed by atoms with Crippen molar-refractivity contribution in [2.24, 2.45) is 5.92 Å². The summed E-state index contributed by atoms with van der Waals surface area (Å²) in [5.41, 5.74) is 1.51. The molecule has 3 heteroatoms. The van der Waals surface area contributed by atoms with Crippen LogP contribution in [0, 0.1) is 12.8 Å². The van der Waals surface area contributed by atoms with E-state index in [0.29, 0.717) is 0 Å². The number of nitrogens with zero attached hydrogens (tertiary/aromatic N) is 1. The van der Waals surface area contributed by atoms with Crippen LogP contribution >= 0.6 is 11.3 Å². The first kappa shape index (κ1) is 12.6. The van der Waals surface area contributed by atoms with E-state index in [1.165, 1.54) is 47.7 Å². The number of hydrogen-bond acceptors (Lipinski definition) is 3. The van der Waals surface area contributed by atoms with E-state index in [2.05, 4.69) is 26.1 Å².